The van der Waals surface area contributed by atoms with Crippen molar-refractivity contribution in [2.45, 2.75) is 11.2 Å². The van der Waals surface area contributed by atoms with Gasteiger partial charge in [-0.3, -0.25) is 14.5 Å². The van der Waals surface area contributed by atoms with Crippen LogP contribution in [0.4, 0.5) is 0 Å². The summed E-state index contributed by atoms with van der Waals surface area (Å²) in [7, 11) is 0. The van der Waals surface area contributed by atoms with E-state index in [9.17, 15) is 9.59 Å². The first-order chi connectivity index (χ1) is 6.16. The molecule has 1 saturated heterocycles. The zero-order chi connectivity index (χ0) is 9.42. The molecule has 1 atom stereocenters. The Kier molecular flexibility index (Phi) is 2.42. The Bertz CT molecular complexity index is 305. The van der Waals surface area contributed by atoms with Crippen molar-refractivity contribution < 1.29 is 9.59 Å². The van der Waals surface area contributed by atoms with Crippen LogP contribution in [0.5, 0.6) is 0 Å². The fourth-order valence-electron chi connectivity index (χ4n) is 1.28. The number of hydrogen-bond acceptors (Lipinski definition) is 3. The van der Waals surface area contributed by atoms with Gasteiger partial charge < -0.3 is 0 Å². The third-order valence-electron chi connectivity index (χ3n) is 1.85. The summed E-state index contributed by atoms with van der Waals surface area (Å²) in [6.07, 6.45) is 0.494. The predicted octanol–water partition coefficient (Wildman–Crippen LogP) is 0.612. The van der Waals surface area contributed by atoms with Crippen molar-refractivity contribution in [2.24, 2.45) is 4.99 Å². The van der Waals surface area contributed by atoms with Crippen LogP contribution in [0.1, 0.15) is 6.42 Å². The van der Waals surface area contributed by atoms with E-state index in [0.717, 1.165) is 0 Å². The van der Waals surface area contributed by atoms with Gasteiger partial charge in [0.05, 0.1) is 5.75 Å². The Hall–Kier alpha value is -0.360. The van der Waals surface area contributed by atoms with Gasteiger partial charge in [-0.15, -0.1) is 0 Å². The van der Waals surface area contributed by atoms with Crippen LogP contribution in [0.2, 0.25) is 0 Å². The number of nitrogens with zero attached hydrogens (tertiary/aromatic N) is 2. The molecule has 0 saturated carbocycles. The molecule has 2 aliphatic rings. The molecule has 0 bridgehead atoms. The van der Waals surface area contributed by atoms with E-state index in [0.29, 0.717) is 23.9 Å². The molecule has 2 amide bonds. The Balaban J connectivity index is 2.13. The molecule has 0 aromatic heterocycles. The minimum Gasteiger partial charge on any atom is -0.290 e. The summed E-state index contributed by atoms with van der Waals surface area (Å²) >= 11 is 4.71. The van der Waals surface area contributed by atoms with Gasteiger partial charge in [-0.25, -0.2) is 0 Å². The summed E-state index contributed by atoms with van der Waals surface area (Å²) < 4.78 is 0. The van der Waals surface area contributed by atoms with Gasteiger partial charge in [0.2, 0.25) is 5.91 Å². The number of rotatable bonds is 0. The topological polar surface area (TPSA) is 49.7 Å². The van der Waals surface area contributed by atoms with E-state index in [4.69, 9.17) is 0 Å². The first kappa shape index (κ1) is 9.21. The average Bonchev–Trinajstić information content (AvgIpc) is 2.58. The molecular weight excluding hydrogens is 256 g/mol. The highest BCUT2D eigenvalue weighted by molar-refractivity contribution is 9.09. The van der Waals surface area contributed by atoms with Gasteiger partial charge in [-0.2, -0.15) is 4.99 Å². The number of alkyl halides is 1. The van der Waals surface area contributed by atoms with Crippen LogP contribution in [0.25, 0.3) is 0 Å². The van der Waals surface area contributed by atoms with Gasteiger partial charge in [0.1, 0.15) is 0 Å². The highest BCUT2D eigenvalue weighted by Crippen LogP contribution is 2.24. The van der Waals surface area contributed by atoms with Crippen molar-refractivity contribution in [3.63, 3.8) is 0 Å². The molecule has 0 spiro atoms. The minimum absolute atomic E-state index is 0.0443. The Morgan fingerprint density at radius 1 is 1.54 bits per heavy atom. The van der Waals surface area contributed by atoms with Crippen molar-refractivity contribution in [1.29, 1.82) is 0 Å². The summed E-state index contributed by atoms with van der Waals surface area (Å²) in [6, 6.07) is 0. The molecule has 2 rings (SSSR count). The lowest BCUT2D eigenvalue weighted by molar-refractivity contribution is -0.124. The molecule has 2 heterocycles. The van der Waals surface area contributed by atoms with Gasteiger partial charge in [0.25, 0.3) is 5.91 Å². The number of amides is 2. The monoisotopic (exact) mass is 262 g/mol. The van der Waals surface area contributed by atoms with Crippen molar-refractivity contribution in [3.8, 4) is 0 Å². The third kappa shape index (κ3) is 1.78. The molecule has 0 N–H and O–H groups in total. The van der Waals surface area contributed by atoms with E-state index >= 15 is 0 Å². The van der Waals surface area contributed by atoms with E-state index in [1.165, 1.54) is 11.8 Å². The molecular formula is C7H7BrN2O2S. The van der Waals surface area contributed by atoms with E-state index in [2.05, 4.69) is 20.9 Å². The second kappa shape index (κ2) is 3.42. The summed E-state index contributed by atoms with van der Waals surface area (Å²) in [5.41, 5.74) is 0. The maximum atomic E-state index is 11.4. The molecule has 1 unspecified atom stereocenters. The third-order valence-corrected chi connectivity index (χ3v) is 3.43. The number of amidine groups is 1. The van der Waals surface area contributed by atoms with Crippen LogP contribution in [0, 0.1) is 0 Å². The second-order valence-corrected chi connectivity index (χ2v) is 5.12. The highest BCUT2D eigenvalue weighted by Gasteiger charge is 2.33. The standard InChI is InChI=1S/C7H7BrN2O2S/c8-4-1-6(12)10(2-4)7-9-5(11)3-13-7/h4H,1-3H2. The average molecular weight is 263 g/mol. The largest absolute Gasteiger partial charge is 0.290 e. The Labute approximate surface area is 87.9 Å². The zero-order valence-electron chi connectivity index (χ0n) is 6.70. The molecule has 1 fully saturated rings. The number of thioether (sulfide) groups is 1. The van der Waals surface area contributed by atoms with E-state index in [-0.39, 0.29) is 16.6 Å². The summed E-state index contributed by atoms with van der Waals surface area (Å²) in [5, 5.41) is 0.567. The lowest BCUT2D eigenvalue weighted by atomic mass is 10.4. The fourth-order valence-corrected chi connectivity index (χ4v) is 2.67. The first-order valence-electron chi connectivity index (χ1n) is 3.85. The highest BCUT2D eigenvalue weighted by atomic mass is 79.9. The number of hydrogen-bond donors (Lipinski definition) is 0. The van der Waals surface area contributed by atoms with Crippen LogP contribution in [0.3, 0.4) is 0 Å². The van der Waals surface area contributed by atoms with Crippen LogP contribution < -0.4 is 0 Å². The summed E-state index contributed by atoms with van der Waals surface area (Å²) in [5.74, 6) is 0.264. The number of carbonyl (C=O) groups is 2. The fraction of sp³-hybridized carbons (Fsp3) is 0.571. The van der Waals surface area contributed by atoms with Crippen molar-refractivity contribution in [3.05, 3.63) is 0 Å². The van der Waals surface area contributed by atoms with Crippen molar-refractivity contribution in [2.75, 3.05) is 12.3 Å². The molecule has 0 aliphatic carbocycles. The maximum Gasteiger partial charge on any atom is 0.258 e. The molecule has 0 aromatic carbocycles. The van der Waals surface area contributed by atoms with Gasteiger partial charge in [0, 0.05) is 17.8 Å². The maximum absolute atomic E-state index is 11.4. The molecule has 0 radical (unpaired) electrons. The SMILES string of the molecule is O=C1CSC(N2CC(Br)CC2=O)=N1. The smallest absolute Gasteiger partial charge is 0.258 e. The second-order valence-electron chi connectivity index (χ2n) is 2.88. The Morgan fingerprint density at radius 2 is 2.31 bits per heavy atom. The van der Waals surface area contributed by atoms with Crippen molar-refractivity contribution in [1.82, 2.24) is 4.90 Å². The van der Waals surface area contributed by atoms with Gasteiger partial charge in [0.15, 0.2) is 5.17 Å². The Morgan fingerprint density at radius 3 is 2.77 bits per heavy atom. The van der Waals surface area contributed by atoms with E-state index in [1.54, 1.807) is 4.90 Å². The molecule has 0 aromatic rings. The number of halogens is 1. The van der Waals surface area contributed by atoms with Gasteiger partial charge in [-0.05, 0) is 0 Å². The van der Waals surface area contributed by atoms with Gasteiger partial charge in [-0.1, -0.05) is 27.7 Å². The predicted molar refractivity (Wildman–Crippen MR) is 53.9 cm³/mol. The molecule has 70 valence electrons. The lowest BCUT2D eigenvalue weighted by Gasteiger charge is -2.13. The minimum atomic E-state index is -0.147. The summed E-state index contributed by atoms with van der Waals surface area (Å²) in [6.45, 7) is 0.623. The molecule has 13 heavy (non-hydrogen) atoms. The van der Waals surface area contributed by atoms with Crippen LogP contribution >= 0.6 is 27.7 Å². The zero-order valence-corrected chi connectivity index (χ0v) is 9.10. The normalized spacial score (nSPS) is 28.5. The van der Waals surface area contributed by atoms with E-state index < -0.39 is 0 Å². The van der Waals surface area contributed by atoms with Gasteiger partial charge >= 0.3 is 0 Å². The van der Waals surface area contributed by atoms with Crippen LogP contribution in [0.15, 0.2) is 4.99 Å². The van der Waals surface area contributed by atoms with E-state index in [1.807, 2.05) is 0 Å². The first-order valence-corrected chi connectivity index (χ1v) is 5.75. The molecule has 4 nitrogen and oxygen atoms in total. The quantitative estimate of drug-likeness (QED) is 0.602. The number of aliphatic imine (C=N–C) groups is 1. The summed E-state index contributed by atoms with van der Waals surface area (Å²) in [4.78, 5) is 27.8. The molecule has 2 aliphatic heterocycles. The number of likely N-dealkylation sites (tertiary alicyclic amines) is 1. The van der Waals surface area contributed by atoms with Crippen LogP contribution in [-0.2, 0) is 9.59 Å². The van der Waals surface area contributed by atoms with Crippen LogP contribution in [-0.4, -0.2) is 39.0 Å². The lowest BCUT2D eigenvalue weighted by Crippen LogP contribution is -2.29. The van der Waals surface area contributed by atoms with Crippen molar-refractivity contribution >= 4 is 44.7 Å². The number of carbonyl (C=O) groups excluding carboxylic acids is 2. The molecule has 6 heteroatoms.